The number of benzene rings is 1. The molecular formula is C22H33F2Si. The molecule has 2 aliphatic rings. The van der Waals surface area contributed by atoms with Crippen LogP contribution in [0.1, 0.15) is 70.8 Å². The van der Waals surface area contributed by atoms with Crippen LogP contribution < -0.4 is 0 Å². The van der Waals surface area contributed by atoms with Crippen molar-refractivity contribution in [3.63, 3.8) is 0 Å². The van der Waals surface area contributed by atoms with E-state index in [2.05, 4.69) is 13.8 Å². The van der Waals surface area contributed by atoms with Crippen molar-refractivity contribution in [1.82, 2.24) is 0 Å². The van der Waals surface area contributed by atoms with Gasteiger partial charge in [-0.15, -0.1) is 0 Å². The normalized spacial score (nSPS) is 22.4. The van der Waals surface area contributed by atoms with Crippen molar-refractivity contribution in [2.75, 3.05) is 0 Å². The zero-order valence-electron chi connectivity index (χ0n) is 15.9. The summed E-state index contributed by atoms with van der Waals surface area (Å²) in [4.78, 5) is 0. The molecule has 2 fully saturated rings. The van der Waals surface area contributed by atoms with Crippen LogP contribution in [0.2, 0.25) is 18.1 Å². The molecule has 0 amide bonds. The summed E-state index contributed by atoms with van der Waals surface area (Å²) < 4.78 is 27.4. The van der Waals surface area contributed by atoms with Crippen LogP contribution in [0.25, 0.3) is 0 Å². The number of rotatable bonds is 5. The molecule has 3 heteroatoms. The minimum atomic E-state index is -0.711. The fourth-order valence-electron chi connectivity index (χ4n) is 5.24. The maximum Gasteiger partial charge on any atom is 0.159 e. The van der Waals surface area contributed by atoms with Gasteiger partial charge in [0.25, 0.3) is 0 Å². The maximum atomic E-state index is 13.9. The van der Waals surface area contributed by atoms with Crippen LogP contribution in [0.3, 0.4) is 0 Å². The molecule has 0 N–H and O–H groups in total. The van der Waals surface area contributed by atoms with Gasteiger partial charge in [-0.1, -0.05) is 76.6 Å². The first-order valence-electron chi connectivity index (χ1n) is 10.3. The predicted octanol–water partition coefficient (Wildman–Crippen LogP) is 7.12. The Hall–Kier alpha value is -0.703. The second-order valence-corrected chi connectivity index (χ2v) is 11.8. The van der Waals surface area contributed by atoms with Crippen LogP contribution in [-0.2, 0) is 5.41 Å². The summed E-state index contributed by atoms with van der Waals surface area (Å²) in [5.41, 5.74) is 1.19. The smallest absolute Gasteiger partial charge is 0.159 e. The highest BCUT2D eigenvalue weighted by Gasteiger charge is 2.42. The summed E-state index contributed by atoms with van der Waals surface area (Å²) in [6.07, 6.45) is 10.1. The Labute approximate surface area is 154 Å². The molecule has 0 bridgehead atoms. The van der Waals surface area contributed by atoms with E-state index in [1.54, 1.807) is 0 Å². The van der Waals surface area contributed by atoms with Crippen LogP contribution in [0.4, 0.5) is 8.78 Å². The quantitative estimate of drug-likeness (QED) is 0.489. The molecule has 3 rings (SSSR count). The number of hydrogen-bond acceptors (Lipinski definition) is 0. The molecular weight excluding hydrogens is 330 g/mol. The van der Waals surface area contributed by atoms with Crippen molar-refractivity contribution in [3.8, 4) is 0 Å². The van der Waals surface area contributed by atoms with Gasteiger partial charge in [-0.3, -0.25) is 0 Å². The van der Waals surface area contributed by atoms with Crippen LogP contribution in [0.5, 0.6) is 0 Å². The second-order valence-electron chi connectivity index (χ2n) is 8.80. The van der Waals surface area contributed by atoms with Gasteiger partial charge in [0.2, 0.25) is 0 Å². The highest BCUT2D eigenvalue weighted by atomic mass is 28.3. The van der Waals surface area contributed by atoms with Crippen molar-refractivity contribution in [2.45, 2.75) is 88.8 Å². The van der Waals surface area contributed by atoms with E-state index < -0.39 is 11.6 Å². The lowest BCUT2D eigenvalue weighted by atomic mass is 9.60. The van der Waals surface area contributed by atoms with E-state index >= 15 is 0 Å². The van der Waals surface area contributed by atoms with Crippen LogP contribution >= 0.6 is 0 Å². The molecule has 0 nitrogen and oxygen atoms in total. The third kappa shape index (κ3) is 4.35. The van der Waals surface area contributed by atoms with Gasteiger partial charge in [0.05, 0.1) is 0 Å². The SMILES string of the molecule is CC(C)CC[Si]1CCC(C2(c3ccc(F)c(F)c3)CCCCC2)CC1. The molecule has 1 heterocycles. The molecule has 139 valence electrons. The minimum absolute atomic E-state index is 0.109. The Morgan fingerprint density at radius 3 is 2.32 bits per heavy atom. The Balaban J connectivity index is 1.74. The first-order chi connectivity index (χ1) is 12.0. The van der Waals surface area contributed by atoms with Crippen LogP contribution in [0.15, 0.2) is 18.2 Å². The fraction of sp³-hybridized carbons (Fsp3) is 0.727. The largest absolute Gasteiger partial charge is 0.204 e. The Morgan fingerprint density at radius 2 is 1.72 bits per heavy atom. The molecule has 1 aromatic rings. The molecule has 25 heavy (non-hydrogen) atoms. The topological polar surface area (TPSA) is 0 Å². The molecule has 1 saturated heterocycles. The predicted molar refractivity (Wildman–Crippen MR) is 103 cm³/mol. The van der Waals surface area contributed by atoms with E-state index in [0.717, 1.165) is 24.3 Å². The molecule has 1 aromatic carbocycles. The first-order valence-corrected chi connectivity index (χ1v) is 12.4. The molecule has 1 aliphatic heterocycles. The van der Waals surface area contributed by atoms with Crippen molar-refractivity contribution < 1.29 is 8.78 Å². The van der Waals surface area contributed by atoms with Gasteiger partial charge < -0.3 is 0 Å². The van der Waals surface area contributed by atoms with Gasteiger partial charge in [0, 0.05) is 8.80 Å². The zero-order chi connectivity index (χ0) is 17.9. The maximum absolute atomic E-state index is 13.9. The summed E-state index contributed by atoms with van der Waals surface area (Å²) in [6.45, 7) is 4.66. The highest BCUT2D eigenvalue weighted by Crippen LogP contribution is 2.50. The number of hydrogen-bond donors (Lipinski definition) is 0. The van der Waals surface area contributed by atoms with E-state index in [1.807, 2.05) is 6.07 Å². The van der Waals surface area contributed by atoms with Gasteiger partial charge >= 0.3 is 0 Å². The molecule has 1 saturated carbocycles. The summed E-state index contributed by atoms with van der Waals surface area (Å²) in [7, 11) is -0.170. The molecule has 0 unspecified atom stereocenters. The summed E-state index contributed by atoms with van der Waals surface area (Å²) in [5.74, 6) is 0.116. The van der Waals surface area contributed by atoms with Gasteiger partial charge in [-0.25, -0.2) is 8.78 Å². The number of halogens is 2. The lowest BCUT2D eigenvalue weighted by Crippen LogP contribution is -2.40. The Bertz CT molecular complexity index is 555. The van der Waals surface area contributed by atoms with Crippen molar-refractivity contribution in [2.24, 2.45) is 11.8 Å². The molecule has 0 atom stereocenters. The van der Waals surface area contributed by atoms with E-state index in [-0.39, 0.29) is 14.2 Å². The lowest BCUT2D eigenvalue weighted by Gasteiger charge is -2.47. The Kier molecular flexibility index (Phi) is 6.35. The van der Waals surface area contributed by atoms with Crippen molar-refractivity contribution in [1.29, 1.82) is 0 Å². The lowest BCUT2D eigenvalue weighted by molar-refractivity contribution is 0.174. The third-order valence-electron chi connectivity index (χ3n) is 6.79. The fourth-order valence-corrected chi connectivity index (χ4v) is 8.49. The van der Waals surface area contributed by atoms with Gasteiger partial charge in [0.1, 0.15) is 0 Å². The third-order valence-corrected chi connectivity index (χ3v) is 9.78. The van der Waals surface area contributed by atoms with Crippen molar-refractivity contribution >= 4 is 8.80 Å². The van der Waals surface area contributed by atoms with Gasteiger partial charge in [0.15, 0.2) is 11.6 Å². The van der Waals surface area contributed by atoms with Crippen molar-refractivity contribution in [3.05, 3.63) is 35.4 Å². The molecule has 1 radical (unpaired) electrons. The summed E-state index contributed by atoms with van der Waals surface area (Å²) in [5, 5.41) is 0. The van der Waals surface area contributed by atoms with Gasteiger partial charge in [-0.05, 0) is 47.8 Å². The van der Waals surface area contributed by atoms with Crippen LogP contribution in [0, 0.1) is 23.5 Å². The molecule has 0 spiro atoms. The van der Waals surface area contributed by atoms with E-state index in [0.29, 0.717) is 5.92 Å². The molecule has 0 aromatic heterocycles. The second kappa shape index (κ2) is 8.33. The zero-order valence-corrected chi connectivity index (χ0v) is 16.9. The summed E-state index contributed by atoms with van der Waals surface area (Å²) >= 11 is 0. The van der Waals surface area contributed by atoms with Gasteiger partial charge in [-0.2, -0.15) is 0 Å². The Morgan fingerprint density at radius 1 is 1.04 bits per heavy atom. The van der Waals surface area contributed by atoms with Crippen LogP contribution in [-0.4, -0.2) is 8.80 Å². The average molecular weight is 364 g/mol. The highest BCUT2D eigenvalue weighted by molar-refractivity contribution is 6.59. The van der Waals surface area contributed by atoms with E-state index in [9.17, 15) is 8.78 Å². The first kappa shape index (κ1) is 19.1. The monoisotopic (exact) mass is 363 g/mol. The van der Waals surface area contributed by atoms with E-state index in [4.69, 9.17) is 0 Å². The molecule has 1 aliphatic carbocycles. The standard InChI is InChI=1S/C22H33F2Si/c1-17(2)8-13-25-14-9-18(10-15-25)22(11-4-3-5-12-22)19-6-7-20(23)21(24)16-19/h6-7,16-18H,3-5,8-15H2,1-2H3. The minimum Gasteiger partial charge on any atom is -0.204 e. The van der Waals surface area contributed by atoms with E-state index in [1.165, 1.54) is 68.8 Å². The summed E-state index contributed by atoms with van der Waals surface area (Å²) in [6, 6.07) is 9.05. The average Bonchev–Trinajstić information content (AvgIpc) is 2.63.